The van der Waals surface area contributed by atoms with Crippen LogP contribution in [-0.2, 0) is 16.4 Å². The average Bonchev–Trinajstić information content (AvgIpc) is 3.16. The van der Waals surface area contributed by atoms with Crippen LogP contribution in [0.4, 0.5) is 0 Å². The number of sulfonamides is 1. The second kappa shape index (κ2) is 7.19. The SMILES string of the molecule is O=S(=O)(/C=C/c1ccccc1)N1CCc2sccc2C1c1ccccc1. The largest absolute Gasteiger partial charge is 0.237 e. The summed E-state index contributed by atoms with van der Waals surface area (Å²) in [5.41, 5.74) is 2.98. The number of hydrogen-bond acceptors (Lipinski definition) is 3. The van der Waals surface area contributed by atoms with Crippen LogP contribution >= 0.6 is 11.3 Å². The van der Waals surface area contributed by atoms with Gasteiger partial charge in [0, 0.05) is 16.8 Å². The van der Waals surface area contributed by atoms with Gasteiger partial charge in [0.25, 0.3) is 0 Å². The van der Waals surface area contributed by atoms with Crippen molar-refractivity contribution in [3.63, 3.8) is 0 Å². The molecule has 0 spiro atoms. The van der Waals surface area contributed by atoms with Gasteiger partial charge in [-0.1, -0.05) is 60.7 Å². The Hall–Kier alpha value is -2.21. The number of thiophene rings is 1. The summed E-state index contributed by atoms with van der Waals surface area (Å²) < 4.78 is 27.9. The molecule has 0 N–H and O–H groups in total. The molecule has 0 fully saturated rings. The first-order valence-corrected chi connectivity index (χ1v) is 10.9. The fourth-order valence-corrected chi connectivity index (χ4v) is 5.62. The van der Waals surface area contributed by atoms with Crippen LogP contribution in [-0.4, -0.2) is 19.3 Å². The molecule has 0 bridgehead atoms. The van der Waals surface area contributed by atoms with Gasteiger partial charge in [-0.05, 0) is 40.6 Å². The first-order chi connectivity index (χ1) is 12.6. The first-order valence-electron chi connectivity index (χ1n) is 8.51. The Bertz CT molecular complexity index is 1010. The molecule has 1 aliphatic rings. The molecule has 132 valence electrons. The zero-order valence-electron chi connectivity index (χ0n) is 14.2. The lowest BCUT2D eigenvalue weighted by atomic mass is 9.95. The predicted molar refractivity (Wildman–Crippen MR) is 107 cm³/mol. The quantitative estimate of drug-likeness (QED) is 0.657. The summed E-state index contributed by atoms with van der Waals surface area (Å²) in [5.74, 6) is 0. The monoisotopic (exact) mass is 381 g/mol. The number of hydrogen-bond donors (Lipinski definition) is 0. The van der Waals surface area contributed by atoms with Gasteiger partial charge >= 0.3 is 0 Å². The Kier molecular flexibility index (Phi) is 4.76. The molecule has 0 saturated heterocycles. The van der Waals surface area contributed by atoms with Crippen LogP contribution in [0.15, 0.2) is 77.5 Å². The van der Waals surface area contributed by atoms with Crippen molar-refractivity contribution < 1.29 is 8.42 Å². The molecule has 2 aromatic carbocycles. The fourth-order valence-electron chi connectivity index (χ4n) is 3.36. The van der Waals surface area contributed by atoms with E-state index < -0.39 is 10.0 Å². The van der Waals surface area contributed by atoms with E-state index in [0.29, 0.717) is 6.54 Å². The van der Waals surface area contributed by atoms with E-state index in [1.807, 2.05) is 60.7 Å². The standard InChI is InChI=1S/C21H19NO2S2/c23-26(24,16-13-17-7-3-1-4-8-17)22-14-11-20-19(12-15-25-20)21(22)18-9-5-2-6-10-18/h1-10,12-13,15-16,21H,11,14H2/b16-13+. The molecule has 1 aliphatic heterocycles. The minimum Gasteiger partial charge on any atom is -0.207 e. The maximum Gasteiger partial charge on any atom is 0.237 e. The average molecular weight is 382 g/mol. The summed E-state index contributed by atoms with van der Waals surface area (Å²) in [6.45, 7) is 0.495. The molecule has 3 aromatic rings. The summed E-state index contributed by atoms with van der Waals surface area (Å²) in [6, 6.07) is 21.2. The first kappa shape index (κ1) is 17.2. The van der Waals surface area contributed by atoms with Crippen molar-refractivity contribution in [1.82, 2.24) is 4.31 Å². The smallest absolute Gasteiger partial charge is 0.207 e. The van der Waals surface area contributed by atoms with E-state index >= 15 is 0 Å². The lowest BCUT2D eigenvalue weighted by molar-refractivity contribution is 0.351. The van der Waals surface area contributed by atoms with Crippen LogP contribution in [0.5, 0.6) is 0 Å². The number of nitrogens with zero attached hydrogens (tertiary/aromatic N) is 1. The second-order valence-corrected chi connectivity index (χ2v) is 9.00. The Morgan fingerprint density at radius 2 is 1.65 bits per heavy atom. The minimum atomic E-state index is -3.54. The zero-order valence-corrected chi connectivity index (χ0v) is 15.8. The van der Waals surface area contributed by atoms with E-state index in [4.69, 9.17) is 0 Å². The lowest BCUT2D eigenvalue weighted by Crippen LogP contribution is -2.38. The summed E-state index contributed by atoms with van der Waals surface area (Å²) in [5, 5.41) is 3.38. The van der Waals surface area contributed by atoms with E-state index in [1.165, 1.54) is 10.3 Å². The van der Waals surface area contributed by atoms with Crippen LogP contribution < -0.4 is 0 Å². The van der Waals surface area contributed by atoms with Crippen LogP contribution in [0, 0.1) is 0 Å². The molecule has 0 saturated carbocycles. The number of fused-ring (bicyclic) bond motifs is 1. The zero-order chi connectivity index (χ0) is 18.0. The predicted octanol–water partition coefficient (Wildman–Crippen LogP) is 4.70. The lowest BCUT2D eigenvalue weighted by Gasteiger charge is -2.34. The Morgan fingerprint density at radius 3 is 2.38 bits per heavy atom. The van der Waals surface area contributed by atoms with Crippen molar-refractivity contribution in [2.45, 2.75) is 12.5 Å². The van der Waals surface area contributed by atoms with E-state index in [9.17, 15) is 8.42 Å². The van der Waals surface area contributed by atoms with E-state index in [2.05, 4.69) is 11.4 Å². The molecule has 0 amide bonds. The van der Waals surface area contributed by atoms with E-state index in [1.54, 1.807) is 21.7 Å². The van der Waals surface area contributed by atoms with Gasteiger partial charge in [-0.15, -0.1) is 11.3 Å². The molecule has 3 nitrogen and oxygen atoms in total. The van der Waals surface area contributed by atoms with Crippen molar-refractivity contribution in [2.75, 3.05) is 6.54 Å². The maximum absolute atomic E-state index is 13.1. The molecule has 0 radical (unpaired) electrons. The second-order valence-electron chi connectivity index (χ2n) is 6.23. The molecule has 0 aliphatic carbocycles. The van der Waals surface area contributed by atoms with Gasteiger partial charge in [0.05, 0.1) is 6.04 Å². The summed E-state index contributed by atoms with van der Waals surface area (Å²) in [6.07, 6.45) is 2.43. The van der Waals surface area contributed by atoms with Crippen LogP contribution in [0.25, 0.3) is 6.08 Å². The number of benzene rings is 2. The van der Waals surface area contributed by atoms with E-state index in [0.717, 1.165) is 23.1 Å². The minimum absolute atomic E-state index is 0.267. The third-order valence-electron chi connectivity index (χ3n) is 4.60. The summed E-state index contributed by atoms with van der Waals surface area (Å²) >= 11 is 1.71. The van der Waals surface area contributed by atoms with Gasteiger partial charge in [-0.25, -0.2) is 8.42 Å². The van der Waals surface area contributed by atoms with Gasteiger partial charge in [0.15, 0.2) is 0 Å². The fraction of sp³-hybridized carbons (Fsp3) is 0.143. The highest BCUT2D eigenvalue weighted by atomic mass is 32.2. The number of rotatable bonds is 4. The van der Waals surface area contributed by atoms with Gasteiger partial charge in [-0.2, -0.15) is 4.31 Å². The highest BCUT2D eigenvalue weighted by Gasteiger charge is 2.35. The van der Waals surface area contributed by atoms with Gasteiger partial charge in [-0.3, -0.25) is 0 Å². The third kappa shape index (κ3) is 3.38. The maximum atomic E-state index is 13.1. The molecule has 26 heavy (non-hydrogen) atoms. The van der Waals surface area contributed by atoms with Crippen LogP contribution in [0.1, 0.15) is 27.6 Å². The highest BCUT2D eigenvalue weighted by molar-refractivity contribution is 7.92. The Morgan fingerprint density at radius 1 is 0.962 bits per heavy atom. The summed E-state index contributed by atoms with van der Waals surface area (Å²) in [7, 11) is -3.54. The highest BCUT2D eigenvalue weighted by Crippen LogP contribution is 2.39. The van der Waals surface area contributed by atoms with Gasteiger partial charge in [0.1, 0.15) is 0 Å². The van der Waals surface area contributed by atoms with E-state index in [-0.39, 0.29) is 6.04 Å². The van der Waals surface area contributed by atoms with Crippen molar-refractivity contribution >= 4 is 27.4 Å². The van der Waals surface area contributed by atoms with Crippen molar-refractivity contribution in [3.8, 4) is 0 Å². The molecular formula is C21H19NO2S2. The molecule has 5 heteroatoms. The summed E-state index contributed by atoms with van der Waals surface area (Å²) in [4.78, 5) is 1.28. The topological polar surface area (TPSA) is 37.4 Å². The molecule has 1 unspecified atom stereocenters. The van der Waals surface area contributed by atoms with Crippen LogP contribution in [0.3, 0.4) is 0 Å². The Labute approximate surface area is 158 Å². The van der Waals surface area contributed by atoms with Crippen molar-refractivity contribution in [3.05, 3.63) is 99.1 Å². The third-order valence-corrected chi connectivity index (χ3v) is 7.12. The normalized spacial score (nSPS) is 18.1. The molecule has 1 aromatic heterocycles. The molecule has 2 heterocycles. The van der Waals surface area contributed by atoms with Crippen LogP contribution in [0.2, 0.25) is 0 Å². The van der Waals surface area contributed by atoms with Crippen molar-refractivity contribution in [2.24, 2.45) is 0 Å². The molecule has 4 rings (SSSR count). The van der Waals surface area contributed by atoms with Gasteiger partial charge in [0.2, 0.25) is 10.0 Å². The van der Waals surface area contributed by atoms with Crippen molar-refractivity contribution in [1.29, 1.82) is 0 Å². The molecular weight excluding hydrogens is 362 g/mol. The van der Waals surface area contributed by atoms with Gasteiger partial charge < -0.3 is 0 Å². The molecule has 1 atom stereocenters. The Balaban J connectivity index is 1.73.